The van der Waals surface area contributed by atoms with Gasteiger partial charge in [0.2, 0.25) is 11.8 Å². The Balaban J connectivity index is 2.12. The summed E-state index contributed by atoms with van der Waals surface area (Å²) in [6.07, 6.45) is 2.03. The number of rotatable bonds is 3. The SMILES string of the molecule is Cc1cc(Cl)ccc1NC(=O)C(C)(C)C(=O)N1CCCC1. The third-order valence-electron chi connectivity index (χ3n) is 3.93. The number of likely N-dealkylation sites (tertiary alicyclic amines) is 1. The van der Waals surface area contributed by atoms with E-state index in [4.69, 9.17) is 11.6 Å². The molecule has 114 valence electrons. The summed E-state index contributed by atoms with van der Waals surface area (Å²) in [5, 5.41) is 3.46. The molecule has 2 amide bonds. The smallest absolute Gasteiger partial charge is 0.239 e. The molecule has 0 spiro atoms. The van der Waals surface area contributed by atoms with Crippen molar-refractivity contribution < 1.29 is 9.59 Å². The first-order valence-electron chi connectivity index (χ1n) is 7.19. The van der Waals surface area contributed by atoms with Crippen LogP contribution in [0.15, 0.2) is 18.2 Å². The molecule has 1 N–H and O–H groups in total. The predicted octanol–water partition coefficient (Wildman–Crippen LogP) is 3.24. The number of nitrogens with zero attached hydrogens (tertiary/aromatic N) is 1. The maximum Gasteiger partial charge on any atom is 0.239 e. The first kappa shape index (κ1) is 15.8. The Labute approximate surface area is 130 Å². The lowest BCUT2D eigenvalue weighted by Gasteiger charge is -2.28. The van der Waals surface area contributed by atoms with Crippen LogP contribution in [-0.4, -0.2) is 29.8 Å². The van der Waals surface area contributed by atoms with Crippen LogP contribution in [0.3, 0.4) is 0 Å². The Kier molecular flexibility index (Phi) is 4.57. The van der Waals surface area contributed by atoms with Crippen molar-refractivity contribution in [1.82, 2.24) is 4.90 Å². The fourth-order valence-electron chi connectivity index (χ4n) is 2.46. The Morgan fingerprint density at radius 1 is 1.24 bits per heavy atom. The minimum Gasteiger partial charge on any atom is -0.342 e. The van der Waals surface area contributed by atoms with Gasteiger partial charge >= 0.3 is 0 Å². The van der Waals surface area contributed by atoms with Crippen molar-refractivity contribution >= 4 is 29.1 Å². The Morgan fingerprint density at radius 2 is 1.86 bits per heavy atom. The number of hydrogen-bond donors (Lipinski definition) is 1. The Hall–Kier alpha value is -1.55. The second-order valence-electron chi connectivity index (χ2n) is 6.04. The molecule has 1 heterocycles. The summed E-state index contributed by atoms with van der Waals surface area (Å²) in [5.41, 5.74) is 0.489. The molecule has 1 aromatic rings. The first-order valence-corrected chi connectivity index (χ1v) is 7.57. The van der Waals surface area contributed by atoms with Gasteiger partial charge in [0.1, 0.15) is 5.41 Å². The third-order valence-corrected chi connectivity index (χ3v) is 4.17. The molecular weight excluding hydrogens is 288 g/mol. The average molecular weight is 309 g/mol. The molecule has 1 saturated heterocycles. The fourth-order valence-corrected chi connectivity index (χ4v) is 2.69. The average Bonchev–Trinajstić information content (AvgIpc) is 2.94. The van der Waals surface area contributed by atoms with Crippen LogP contribution < -0.4 is 5.32 Å². The molecule has 1 aromatic carbocycles. The van der Waals surface area contributed by atoms with Crippen LogP contribution in [0.4, 0.5) is 5.69 Å². The van der Waals surface area contributed by atoms with Gasteiger partial charge in [-0.2, -0.15) is 0 Å². The van der Waals surface area contributed by atoms with Gasteiger partial charge in [-0.3, -0.25) is 9.59 Å². The largest absolute Gasteiger partial charge is 0.342 e. The van der Waals surface area contributed by atoms with E-state index in [0.29, 0.717) is 10.7 Å². The van der Waals surface area contributed by atoms with Crippen LogP contribution in [0.2, 0.25) is 5.02 Å². The van der Waals surface area contributed by atoms with E-state index in [-0.39, 0.29) is 11.8 Å². The number of aryl methyl sites for hydroxylation is 1. The van der Waals surface area contributed by atoms with E-state index in [1.54, 1.807) is 36.9 Å². The molecule has 1 aliphatic heterocycles. The van der Waals surface area contributed by atoms with Gasteiger partial charge < -0.3 is 10.2 Å². The standard InChI is InChI=1S/C16H21ClN2O2/c1-11-10-12(17)6-7-13(11)18-14(20)16(2,3)15(21)19-8-4-5-9-19/h6-7,10H,4-5,8-9H2,1-3H3,(H,18,20). The Morgan fingerprint density at radius 3 is 2.43 bits per heavy atom. The highest BCUT2D eigenvalue weighted by Crippen LogP contribution is 2.26. The zero-order chi connectivity index (χ0) is 15.6. The van der Waals surface area contributed by atoms with Crippen molar-refractivity contribution in [2.45, 2.75) is 33.6 Å². The third kappa shape index (κ3) is 3.38. The normalized spacial score (nSPS) is 15.1. The van der Waals surface area contributed by atoms with Crippen LogP contribution in [0.5, 0.6) is 0 Å². The maximum atomic E-state index is 12.5. The lowest BCUT2D eigenvalue weighted by Crippen LogP contribution is -2.46. The number of amides is 2. The van der Waals surface area contributed by atoms with Crippen LogP contribution in [0, 0.1) is 12.3 Å². The number of nitrogens with one attached hydrogen (secondary N) is 1. The number of halogens is 1. The zero-order valence-electron chi connectivity index (χ0n) is 12.7. The molecule has 0 radical (unpaired) electrons. The van der Waals surface area contributed by atoms with Gasteiger partial charge in [0.15, 0.2) is 0 Å². The summed E-state index contributed by atoms with van der Waals surface area (Å²) in [7, 11) is 0. The zero-order valence-corrected chi connectivity index (χ0v) is 13.5. The van der Waals surface area contributed by atoms with Crippen molar-refractivity contribution in [3.63, 3.8) is 0 Å². The van der Waals surface area contributed by atoms with Crippen LogP contribution in [-0.2, 0) is 9.59 Å². The Bertz CT molecular complexity index is 563. The van der Waals surface area contributed by atoms with Crippen molar-refractivity contribution in [2.75, 3.05) is 18.4 Å². The van der Waals surface area contributed by atoms with Crippen molar-refractivity contribution in [3.05, 3.63) is 28.8 Å². The monoisotopic (exact) mass is 308 g/mol. The molecule has 5 heteroatoms. The molecule has 0 unspecified atom stereocenters. The van der Waals surface area contributed by atoms with Gasteiger partial charge in [-0.1, -0.05) is 11.6 Å². The van der Waals surface area contributed by atoms with Crippen molar-refractivity contribution in [1.29, 1.82) is 0 Å². The summed E-state index contributed by atoms with van der Waals surface area (Å²) in [5.74, 6) is -0.395. The van der Waals surface area contributed by atoms with Gasteiger partial charge in [0.25, 0.3) is 0 Å². The summed E-state index contributed by atoms with van der Waals surface area (Å²) in [6.45, 7) is 6.71. The molecule has 0 bridgehead atoms. The minimum atomic E-state index is -1.07. The van der Waals surface area contributed by atoms with E-state index >= 15 is 0 Å². The van der Waals surface area contributed by atoms with Crippen molar-refractivity contribution in [3.8, 4) is 0 Å². The van der Waals surface area contributed by atoms with Crippen molar-refractivity contribution in [2.24, 2.45) is 5.41 Å². The van der Waals surface area contributed by atoms with Gasteiger partial charge in [-0.05, 0) is 57.4 Å². The van der Waals surface area contributed by atoms with Gasteiger partial charge in [0.05, 0.1) is 0 Å². The lowest BCUT2D eigenvalue weighted by molar-refractivity contribution is -0.145. The fraction of sp³-hybridized carbons (Fsp3) is 0.500. The van der Waals surface area contributed by atoms with Crippen LogP contribution in [0.25, 0.3) is 0 Å². The highest BCUT2D eigenvalue weighted by molar-refractivity contribution is 6.30. The minimum absolute atomic E-state index is 0.107. The molecule has 0 atom stereocenters. The molecule has 0 aliphatic carbocycles. The topological polar surface area (TPSA) is 49.4 Å². The lowest BCUT2D eigenvalue weighted by atomic mass is 9.90. The first-order chi connectivity index (χ1) is 9.82. The van der Waals surface area contributed by atoms with E-state index in [1.165, 1.54) is 0 Å². The van der Waals surface area contributed by atoms with E-state index < -0.39 is 5.41 Å². The van der Waals surface area contributed by atoms with Gasteiger partial charge in [-0.15, -0.1) is 0 Å². The number of carbonyl (C=O) groups excluding carboxylic acids is 2. The van der Waals surface area contributed by atoms with E-state index in [9.17, 15) is 9.59 Å². The molecule has 1 fully saturated rings. The number of hydrogen-bond acceptors (Lipinski definition) is 2. The molecule has 0 aromatic heterocycles. The van der Waals surface area contributed by atoms with Gasteiger partial charge in [0, 0.05) is 23.8 Å². The summed E-state index contributed by atoms with van der Waals surface area (Å²) < 4.78 is 0. The van der Waals surface area contributed by atoms with Crippen LogP contribution in [0.1, 0.15) is 32.3 Å². The molecule has 4 nitrogen and oxygen atoms in total. The summed E-state index contributed by atoms with van der Waals surface area (Å²) in [6, 6.07) is 5.26. The molecule has 1 aliphatic rings. The van der Waals surface area contributed by atoms with E-state index in [1.807, 2.05) is 6.92 Å². The number of benzene rings is 1. The number of anilines is 1. The summed E-state index contributed by atoms with van der Waals surface area (Å²) >= 11 is 5.91. The predicted molar refractivity (Wildman–Crippen MR) is 84.4 cm³/mol. The second kappa shape index (κ2) is 6.06. The highest BCUT2D eigenvalue weighted by atomic mass is 35.5. The molecule has 2 rings (SSSR count). The highest BCUT2D eigenvalue weighted by Gasteiger charge is 2.40. The quantitative estimate of drug-likeness (QED) is 0.872. The van der Waals surface area contributed by atoms with E-state index in [0.717, 1.165) is 31.5 Å². The van der Waals surface area contributed by atoms with Crippen LogP contribution >= 0.6 is 11.6 Å². The molecule has 21 heavy (non-hydrogen) atoms. The maximum absolute atomic E-state index is 12.5. The van der Waals surface area contributed by atoms with Gasteiger partial charge in [-0.25, -0.2) is 0 Å². The van der Waals surface area contributed by atoms with E-state index in [2.05, 4.69) is 5.32 Å². The molecule has 0 saturated carbocycles. The second-order valence-corrected chi connectivity index (χ2v) is 6.47. The summed E-state index contributed by atoms with van der Waals surface area (Å²) in [4.78, 5) is 26.7. The number of carbonyl (C=O) groups is 2. The molecular formula is C16H21ClN2O2.